The van der Waals surface area contributed by atoms with E-state index >= 15 is 0 Å². The van der Waals surface area contributed by atoms with Crippen molar-refractivity contribution in [2.45, 2.75) is 102 Å². The zero-order valence-electron chi connectivity index (χ0n) is 21.3. The van der Waals surface area contributed by atoms with E-state index < -0.39 is 5.95 Å². The molecule has 2 N–H and O–H groups in total. The molecule has 0 aromatic carbocycles. The first-order chi connectivity index (χ1) is 16.9. The van der Waals surface area contributed by atoms with Gasteiger partial charge in [-0.3, -0.25) is 10.1 Å². The molecule has 192 valence electrons. The lowest BCUT2D eigenvalue weighted by atomic mass is 10.1. The van der Waals surface area contributed by atoms with Gasteiger partial charge in [0.15, 0.2) is 0 Å². The average Bonchev–Trinajstić information content (AvgIpc) is 3.22. The lowest BCUT2D eigenvalue weighted by molar-refractivity contribution is -0.925. The molecule has 3 fully saturated rings. The lowest BCUT2D eigenvalue weighted by Crippen LogP contribution is -3.17. The predicted molar refractivity (Wildman–Crippen MR) is 132 cm³/mol. The van der Waals surface area contributed by atoms with Crippen LogP contribution in [0.2, 0.25) is 0 Å². The molecule has 3 heterocycles. The van der Waals surface area contributed by atoms with Gasteiger partial charge in [0.2, 0.25) is 5.95 Å². The highest BCUT2D eigenvalue weighted by Gasteiger charge is 2.45. The number of pyridine rings is 1. The summed E-state index contributed by atoms with van der Waals surface area (Å²) in [6, 6.07) is 4.20. The molecule has 35 heavy (non-hydrogen) atoms. The first kappa shape index (κ1) is 24.7. The molecule has 0 bridgehead atoms. The van der Waals surface area contributed by atoms with Crippen molar-refractivity contribution in [3.63, 3.8) is 0 Å². The van der Waals surface area contributed by atoms with Crippen LogP contribution in [0.1, 0.15) is 100 Å². The molecule has 0 spiro atoms. The minimum absolute atomic E-state index is 0.111. The van der Waals surface area contributed by atoms with Crippen LogP contribution in [-0.2, 0) is 0 Å². The van der Waals surface area contributed by atoms with Crippen LogP contribution >= 0.6 is 0 Å². The zero-order valence-corrected chi connectivity index (χ0v) is 21.3. The van der Waals surface area contributed by atoms with Crippen LogP contribution in [0.3, 0.4) is 0 Å². The van der Waals surface area contributed by atoms with Gasteiger partial charge in [0.05, 0.1) is 6.04 Å². The van der Waals surface area contributed by atoms with Gasteiger partial charge in [-0.05, 0) is 63.0 Å². The normalized spacial score (nSPS) is 27.1. The minimum atomic E-state index is -0.487. The highest BCUT2D eigenvalue weighted by molar-refractivity contribution is 5.14. The van der Waals surface area contributed by atoms with E-state index in [2.05, 4.69) is 50.8 Å². The number of halogens is 1. The number of aromatic nitrogens is 4. The van der Waals surface area contributed by atoms with Crippen molar-refractivity contribution in [3.05, 3.63) is 46.7 Å². The topological polar surface area (TPSA) is 86.4 Å². The van der Waals surface area contributed by atoms with Crippen LogP contribution in [-0.4, -0.2) is 49.8 Å². The molecule has 0 amide bonds. The molecule has 2 aromatic heterocycles. The van der Waals surface area contributed by atoms with E-state index in [1.54, 1.807) is 12.3 Å². The Morgan fingerprint density at radius 2 is 1.97 bits per heavy atom. The second-order valence-electron chi connectivity index (χ2n) is 11.2. The van der Waals surface area contributed by atoms with Gasteiger partial charge in [0.1, 0.15) is 17.7 Å². The Balaban J connectivity index is 1.25. The van der Waals surface area contributed by atoms with E-state index in [1.165, 1.54) is 18.9 Å². The number of aryl methyl sites for hydroxylation is 1. The number of nitrogens with zero attached hydrogens (tertiary/aromatic N) is 5. The summed E-state index contributed by atoms with van der Waals surface area (Å²) >= 11 is 0. The summed E-state index contributed by atoms with van der Waals surface area (Å²) in [6.07, 6.45) is 10.1. The molecular weight excluding hydrogens is 445 g/mol. The van der Waals surface area contributed by atoms with Crippen LogP contribution in [0.5, 0.6) is 0 Å². The van der Waals surface area contributed by atoms with Crippen LogP contribution in [0.25, 0.3) is 0 Å². The third kappa shape index (κ3) is 5.58. The molecule has 1 saturated heterocycles. The van der Waals surface area contributed by atoms with E-state index in [-0.39, 0.29) is 17.3 Å². The summed E-state index contributed by atoms with van der Waals surface area (Å²) in [7, 11) is 0. The minimum Gasteiger partial charge on any atom is -0.613 e. The average molecular weight is 486 g/mol. The van der Waals surface area contributed by atoms with Crippen molar-refractivity contribution in [2.75, 3.05) is 13.1 Å². The first-order valence-electron chi connectivity index (χ1n) is 13.5. The molecule has 2 saturated carbocycles. The van der Waals surface area contributed by atoms with Crippen LogP contribution < -0.4 is 10.6 Å². The molecule has 2 aliphatic carbocycles. The predicted octanol–water partition coefficient (Wildman–Crippen LogP) is 3.23. The fourth-order valence-electron chi connectivity index (χ4n) is 6.31. The van der Waals surface area contributed by atoms with Gasteiger partial charge in [-0.2, -0.15) is 9.82 Å². The Labute approximate surface area is 207 Å². The molecule has 1 aliphatic heterocycles. The number of likely N-dealkylation sites (tertiary alicyclic amines) is 1. The van der Waals surface area contributed by atoms with Crippen molar-refractivity contribution in [3.8, 4) is 0 Å². The molecule has 2 aromatic rings. The second-order valence-corrected chi connectivity index (χ2v) is 11.2. The third-order valence-electron chi connectivity index (χ3n) is 8.35. The van der Waals surface area contributed by atoms with Crippen LogP contribution in [0, 0.1) is 24.0 Å². The number of rotatable bonds is 9. The molecular formula is C26H40FN7O. The van der Waals surface area contributed by atoms with Crippen molar-refractivity contribution in [1.82, 2.24) is 30.1 Å². The summed E-state index contributed by atoms with van der Waals surface area (Å²) in [4.78, 5) is 6.48. The first-order valence-corrected chi connectivity index (χ1v) is 13.5. The molecule has 8 nitrogen and oxygen atoms in total. The van der Waals surface area contributed by atoms with Gasteiger partial charge >= 0.3 is 0 Å². The fraction of sp³-hybridized carbons (Fsp3) is 0.731. The Morgan fingerprint density at radius 1 is 1.17 bits per heavy atom. The van der Waals surface area contributed by atoms with E-state index in [0.717, 1.165) is 68.8 Å². The molecule has 0 radical (unpaired) electrons. The number of nitrogens with one attached hydrogen (secondary N) is 2. The smallest absolute Gasteiger partial charge is 0.212 e. The standard InChI is InChI=1S/C26H40FN7O/c1-17(2)26-30-29-18(3)33(26)22-10-12-32(24-15-20(24)14-22)13-11-23(19-8-9-25(27)28-16-19)31-34(35)21-6-4-5-7-21/h8-9,16-17,20-24,31,34H,4-7,10-15H2,1-3H3/t20?,22?,23-,24?/m0/s1. The van der Waals surface area contributed by atoms with Gasteiger partial charge in [-0.15, -0.1) is 10.2 Å². The fourth-order valence-corrected chi connectivity index (χ4v) is 6.31. The van der Waals surface area contributed by atoms with Crippen molar-refractivity contribution >= 4 is 0 Å². The summed E-state index contributed by atoms with van der Waals surface area (Å²) in [5, 5.41) is 21.9. The maximum Gasteiger partial charge on any atom is 0.212 e. The maximum atomic E-state index is 13.5. The number of quaternary nitrogens is 1. The molecule has 9 heteroatoms. The number of hydrogen-bond donors (Lipinski definition) is 2. The van der Waals surface area contributed by atoms with Crippen LogP contribution in [0.15, 0.2) is 18.3 Å². The van der Waals surface area contributed by atoms with Gasteiger partial charge in [0.25, 0.3) is 0 Å². The number of hydrogen-bond acceptors (Lipinski definition) is 6. The molecule has 4 unspecified atom stereocenters. The van der Waals surface area contributed by atoms with Gasteiger partial charge in [-0.1, -0.05) is 19.9 Å². The highest BCUT2D eigenvalue weighted by atomic mass is 19.1. The van der Waals surface area contributed by atoms with Crippen molar-refractivity contribution in [2.24, 2.45) is 5.92 Å². The van der Waals surface area contributed by atoms with Gasteiger partial charge < -0.3 is 9.77 Å². The summed E-state index contributed by atoms with van der Waals surface area (Å²) in [5.41, 5.74) is 4.18. The Morgan fingerprint density at radius 3 is 2.69 bits per heavy atom. The van der Waals surface area contributed by atoms with Crippen molar-refractivity contribution < 1.29 is 9.56 Å². The second kappa shape index (κ2) is 10.6. The number of hydroxylamine groups is 1. The number of fused-ring (bicyclic) bond motifs is 1. The molecule has 3 aliphatic rings. The maximum absolute atomic E-state index is 13.5. The van der Waals surface area contributed by atoms with Crippen LogP contribution in [0.4, 0.5) is 4.39 Å². The van der Waals surface area contributed by atoms with E-state index in [9.17, 15) is 9.60 Å². The highest BCUT2D eigenvalue weighted by Crippen LogP contribution is 2.46. The lowest BCUT2D eigenvalue weighted by Gasteiger charge is -2.33. The van der Waals surface area contributed by atoms with E-state index in [0.29, 0.717) is 23.9 Å². The third-order valence-corrected chi connectivity index (χ3v) is 8.35. The molecule has 5 rings (SSSR count). The summed E-state index contributed by atoms with van der Waals surface area (Å²) in [5.74, 6) is 2.70. The van der Waals surface area contributed by atoms with Gasteiger partial charge in [0, 0.05) is 50.1 Å². The summed E-state index contributed by atoms with van der Waals surface area (Å²) < 4.78 is 15.9. The SMILES string of the molecule is Cc1nnc(C(C)C)n1C1CCN(CC[C@H](N[NH+]([O-])C2CCCC2)c2ccc(F)nc2)C2CC2C1. The van der Waals surface area contributed by atoms with E-state index in [1.807, 2.05) is 0 Å². The molecule has 5 atom stereocenters. The monoisotopic (exact) mass is 485 g/mol. The Hall–Kier alpha value is -1.94. The van der Waals surface area contributed by atoms with E-state index in [4.69, 9.17) is 0 Å². The zero-order chi connectivity index (χ0) is 24.5. The Kier molecular flexibility index (Phi) is 7.48. The van der Waals surface area contributed by atoms with Gasteiger partial charge in [-0.25, -0.2) is 4.98 Å². The quantitative estimate of drug-likeness (QED) is 0.419. The van der Waals surface area contributed by atoms with Crippen molar-refractivity contribution in [1.29, 1.82) is 0 Å². The Bertz CT molecular complexity index is 975. The summed E-state index contributed by atoms with van der Waals surface area (Å²) in [6.45, 7) is 8.39. The largest absolute Gasteiger partial charge is 0.613 e.